The quantitative estimate of drug-likeness (QED) is 0.622. The van der Waals surface area contributed by atoms with E-state index in [1.807, 2.05) is 0 Å². The fraction of sp³-hybridized carbons (Fsp3) is 1.00. The van der Waals surface area contributed by atoms with Crippen molar-refractivity contribution in [3.05, 3.63) is 0 Å². The van der Waals surface area contributed by atoms with Crippen molar-refractivity contribution in [2.24, 2.45) is 23.2 Å². The number of hydrogen-bond donors (Lipinski definition) is 0. The Morgan fingerprint density at radius 3 is 2.47 bits per heavy atom. The van der Waals surface area contributed by atoms with Gasteiger partial charge in [0, 0.05) is 6.61 Å². The van der Waals surface area contributed by atoms with Crippen molar-refractivity contribution < 1.29 is 4.74 Å². The fourth-order valence-corrected chi connectivity index (χ4v) is 3.88. The molecule has 0 aromatic carbocycles. The molecular weight excluding hydrogens is 231 g/mol. The van der Waals surface area contributed by atoms with Crippen LogP contribution in [-0.2, 0) is 4.74 Å². The monoisotopic (exact) mass is 264 g/mol. The lowest BCUT2D eigenvalue weighted by Crippen LogP contribution is -2.46. The van der Waals surface area contributed by atoms with Gasteiger partial charge in [-0.25, -0.2) is 0 Å². The van der Waals surface area contributed by atoms with E-state index in [1.165, 1.54) is 19.3 Å². The van der Waals surface area contributed by atoms with Gasteiger partial charge in [0.25, 0.3) is 0 Å². The zero-order valence-corrected chi connectivity index (χ0v) is 14.0. The van der Waals surface area contributed by atoms with Gasteiger partial charge < -0.3 is 4.74 Å². The summed E-state index contributed by atoms with van der Waals surface area (Å²) < 4.78 is 5.92. The predicted molar refractivity (Wildman–Crippen MR) is 84.7 cm³/mol. The van der Waals surface area contributed by atoms with Gasteiger partial charge >= 0.3 is 0 Å². The smallest absolute Gasteiger partial charge is 0.0751 e. The van der Waals surface area contributed by atoms with Crippen LogP contribution in [0.5, 0.6) is 0 Å². The molecule has 0 N–H and O–H groups in total. The van der Waals surface area contributed by atoms with Crippen molar-refractivity contribution >= 4 is 7.85 Å². The molecule has 1 heterocycles. The molecule has 19 heavy (non-hydrogen) atoms. The molecule has 0 aromatic heterocycles. The average Bonchev–Trinajstić information content (AvgIpc) is 2.27. The molecule has 2 heteroatoms. The zero-order valence-electron chi connectivity index (χ0n) is 14.0. The van der Waals surface area contributed by atoms with E-state index in [0.717, 1.165) is 19.6 Å². The van der Waals surface area contributed by atoms with Gasteiger partial charge in [-0.05, 0) is 36.0 Å². The van der Waals surface area contributed by atoms with Gasteiger partial charge in [-0.15, -0.1) is 0 Å². The van der Waals surface area contributed by atoms with Crippen LogP contribution in [0.1, 0.15) is 67.2 Å². The van der Waals surface area contributed by atoms with E-state index in [1.54, 1.807) is 0 Å². The van der Waals surface area contributed by atoms with E-state index in [4.69, 9.17) is 12.6 Å². The summed E-state index contributed by atoms with van der Waals surface area (Å²) in [6, 6.07) is 0. The second kappa shape index (κ2) is 6.65. The molecule has 1 rings (SSSR count). The Morgan fingerprint density at radius 2 is 2.00 bits per heavy atom. The molecule has 1 nitrogen and oxygen atoms in total. The third kappa shape index (κ3) is 4.24. The molecule has 2 radical (unpaired) electrons. The summed E-state index contributed by atoms with van der Waals surface area (Å²) in [4.78, 5) is 0. The van der Waals surface area contributed by atoms with E-state index in [2.05, 4.69) is 41.5 Å². The van der Waals surface area contributed by atoms with Crippen molar-refractivity contribution in [1.82, 2.24) is 0 Å². The summed E-state index contributed by atoms with van der Waals surface area (Å²) in [5, 5.41) is -0.124. The van der Waals surface area contributed by atoms with E-state index in [-0.39, 0.29) is 10.7 Å². The predicted octanol–water partition coefficient (Wildman–Crippen LogP) is 4.86. The van der Waals surface area contributed by atoms with Crippen LogP contribution in [0.4, 0.5) is 0 Å². The van der Waals surface area contributed by atoms with Gasteiger partial charge in [-0.2, -0.15) is 0 Å². The lowest BCUT2D eigenvalue weighted by atomic mass is 9.46. The summed E-state index contributed by atoms with van der Waals surface area (Å²) >= 11 is 0. The van der Waals surface area contributed by atoms with Gasteiger partial charge in [0.1, 0.15) is 0 Å². The first kappa shape index (κ1) is 17.1. The van der Waals surface area contributed by atoms with Crippen LogP contribution in [0.15, 0.2) is 0 Å². The highest BCUT2D eigenvalue weighted by Gasteiger charge is 2.47. The van der Waals surface area contributed by atoms with Crippen molar-refractivity contribution in [2.75, 3.05) is 13.2 Å². The molecule has 4 atom stereocenters. The number of ether oxygens (including phenoxy) is 1. The van der Waals surface area contributed by atoms with Crippen molar-refractivity contribution in [2.45, 2.75) is 72.5 Å². The molecule has 4 unspecified atom stereocenters. The second-order valence-corrected chi connectivity index (χ2v) is 7.84. The van der Waals surface area contributed by atoms with Crippen molar-refractivity contribution in [1.29, 1.82) is 0 Å². The van der Waals surface area contributed by atoms with Crippen LogP contribution in [0, 0.1) is 23.2 Å². The highest BCUT2D eigenvalue weighted by molar-refractivity contribution is 6.15. The molecule has 0 aromatic rings. The van der Waals surface area contributed by atoms with Crippen LogP contribution in [-0.4, -0.2) is 21.1 Å². The molecule has 1 fully saturated rings. The van der Waals surface area contributed by atoms with Crippen LogP contribution in [0.3, 0.4) is 0 Å². The third-order valence-corrected chi connectivity index (χ3v) is 5.00. The lowest BCUT2D eigenvalue weighted by Gasteiger charge is -2.53. The maximum Gasteiger partial charge on any atom is 0.0751 e. The highest BCUT2D eigenvalue weighted by Crippen LogP contribution is 2.56. The molecule has 1 aliphatic rings. The number of rotatable bonds is 6. The largest absolute Gasteiger partial charge is 0.381 e. The summed E-state index contributed by atoms with van der Waals surface area (Å²) in [5.41, 5.74) is 0.155. The maximum absolute atomic E-state index is 6.83. The zero-order chi connectivity index (χ0) is 14.7. The summed E-state index contributed by atoms with van der Waals surface area (Å²) in [6.45, 7) is 15.5. The van der Waals surface area contributed by atoms with Gasteiger partial charge in [-0.3, -0.25) is 0 Å². The Kier molecular flexibility index (Phi) is 5.98. The van der Waals surface area contributed by atoms with E-state index in [9.17, 15) is 0 Å². The van der Waals surface area contributed by atoms with E-state index >= 15 is 0 Å². The first-order valence-corrected chi connectivity index (χ1v) is 8.09. The SMILES string of the molecule is [B]C(C)(CC(C)CC)C1(CC(C)C)COCC(C)C1. The minimum absolute atomic E-state index is 0.124. The Labute approximate surface area is 122 Å². The van der Waals surface area contributed by atoms with Crippen LogP contribution in [0.2, 0.25) is 5.31 Å². The minimum atomic E-state index is -0.124. The molecule has 0 aliphatic carbocycles. The summed E-state index contributed by atoms with van der Waals surface area (Å²) in [7, 11) is 6.83. The Balaban J connectivity index is 2.94. The van der Waals surface area contributed by atoms with Crippen LogP contribution >= 0.6 is 0 Å². The Bertz CT molecular complexity index is 270. The van der Waals surface area contributed by atoms with Gasteiger partial charge in [0.2, 0.25) is 0 Å². The van der Waals surface area contributed by atoms with Gasteiger partial charge in [-0.1, -0.05) is 59.7 Å². The molecule has 0 bridgehead atoms. The molecule has 0 saturated carbocycles. The molecule has 0 spiro atoms. The molecule has 1 aliphatic heterocycles. The average molecular weight is 264 g/mol. The van der Waals surface area contributed by atoms with Crippen molar-refractivity contribution in [3.8, 4) is 0 Å². The third-order valence-electron chi connectivity index (χ3n) is 5.00. The van der Waals surface area contributed by atoms with E-state index in [0.29, 0.717) is 17.8 Å². The Morgan fingerprint density at radius 1 is 1.37 bits per heavy atom. The van der Waals surface area contributed by atoms with Crippen LogP contribution in [0.25, 0.3) is 0 Å². The summed E-state index contributed by atoms with van der Waals surface area (Å²) in [6.07, 6.45) is 4.71. The summed E-state index contributed by atoms with van der Waals surface area (Å²) in [5.74, 6) is 2.00. The molecule has 1 saturated heterocycles. The molecule has 110 valence electrons. The Hall–Kier alpha value is 0.0249. The van der Waals surface area contributed by atoms with Crippen molar-refractivity contribution in [3.63, 3.8) is 0 Å². The second-order valence-electron chi connectivity index (χ2n) is 7.84. The normalized spacial score (nSPS) is 33.1. The highest BCUT2D eigenvalue weighted by atomic mass is 16.5. The van der Waals surface area contributed by atoms with Gasteiger partial charge in [0.15, 0.2) is 0 Å². The fourth-order valence-electron chi connectivity index (χ4n) is 3.88. The first-order valence-electron chi connectivity index (χ1n) is 8.09. The van der Waals surface area contributed by atoms with Gasteiger partial charge in [0.05, 0.1) is 14.5 Å². The van der Waals surface area contributed by atoms with Crippen LogP contribution < -0.4 is 0 Å². The van der Waals surface area contributed by atoms with E-state index < -0.39 is 0 Å². The first-order chi connectivity index (χ1) is 8.72. The standard InChI is InChI=1S/C17H33BO/c1-7-14(4)9-16(6,18)17(8-13(2)3)10-15(5)11-19-12-17/h13-15H,7-12H2,1-6H3. The maximum atomic E-state index is 6.83. The molecule has 0 amide bonds. The topological polar surface area (TPSA) is 9.23 Å². The minimum Gasteiger partial charge on any atom is -0.381 e. The number of hydrogen-bond acceptors (Lipinski definition) is 1. The molecular formula is C17H33BO. The lowest BCUT2D eigenvalue weighted by molar-refractivity contribution is -0.0732.